The van der Waals surface area contributed by atoms with E-state index < -0.39 is 0 Å². The smallest absolute Gasteiger partial charge is 0.344 e. The Kier molecular flexibility index (Phi) is 6.97. The second-order valence-electron chi connectivity index (χ2n) is 4.65. The molecular weight excluding hydrogens is 242 g/mol. The molecule has 0 spiro atoms. The van der Waals surface area contributed by atoms with Gasteiger partial charge < -0.3 is 15.2 Å². The van der Waals surface area contributed by atoms with Gasteiger partial charge in [-0.15, -0.1) is 0 Å². The topological polar surface area (TPSA) is 61.5 Å². The van der Waals surface area contributed by atoms with Gasteiger partial charge in [0.25, 0.3) is 0 Å². The molecule has 0 fully saturated rings. The standard InChI is InChI=1S/C15H23NO3/c1-3-4-9-18-15(17)11-19-14-8-6-5-7-13(14)10-12(2)16/h5-8,12H,3-4,9-11,16H2,1-2H3. The number of carbonyl (C=O) groups excluding carboxylic acids is 1. The van der Waals surface area contributed by atoms with Crippen molar-refractivity contribution in [3.63, 3.8) is 0 Å². The Labute approximate surface area is 114 Å². The lowest BCUT2D eigenvalue weighted by Gasteiger charge is -2.12. The van der Waals surface area contributed by atoms with Crippen LogP contribution in [0.1, 0.15) is 32.3 Å². The maximum Gasteiger partial charge on any atom is 0.344 e. The van der Waals surface area contributed by atoms with Crippen molar-refractivity contribution in [2.75, 3.05) is 13.2 Å². The summed E-state index contributed by atoms with van der Waals surface area (Å²) < 4.78 is 10.5. The Morgan fingerprint density at radius 2 is 2.11 bits per heavy atom. The van der Waals surface area contributed by atoms with Crippen molar-refractivity contribution in [2.45, 2.75) is 39.2 Å². The average molecular weight is 265 g/mol. The van der Waals surface area contributed by atoms with Crippen LogP contribution in [0.5, 0.6) is 5.75 Å². The molecule has 1 unspecified atom stereocenters. The summed E-state index contributed by atoms with van der Waals surface area (Å²) >= 11 is 0. The van der Waals surface area contributed by atoms with Crippen molar-refractivity contribution in [3.8, 4) is 5.75 Å². The molecular formula is C15H23NO3. The Morgan fingerprint density at radius 1 is 1.37 bits per heavy atom. The Bertz CT molecular complexity index is 391. The van der Waals surface area contributed by atoms with Gasteiger partial charge >= 0.3 is 5.97 Å². The molecule has 4 nitrogen and oxygen atoms in total. The quantitative estimate of drug-likeness (QED) is 0.578. The van der Waals surface area contributed by atoms with Gasteiger partial charge in [0.1, 0.15) is 5.75 Å². The first kappa shape index (κ1) is 15.5. The summed E-state index contributed by atoms with van der Waals surface area (Å²) in [5.41, 5.74) is 6.80. The highest BCUT2D eigenvalue weighted by Crippen LogP contribution is 2.19. The molecule has 1 rings (SSSR count). The average Bonchev–Trinajstić information content (AvgIpc) is 2.37. The van der Waals surface area contributed by atoms with E-state index in [0.717, 1.165) is 24.8 Å². The normalized spacial score (nSPS) is 11.9. The highest BCUT2D eigenvalue weighted by atomic mass is 16.6. The Morgan fingerprint density at radius 3 is 2.79 bits per heavy atom. The number of ether oxygens (including phenoxy) is 2. The van der Waals surface area contributed by atoms with E-state index >= 15 is 0 Å². The second-order valence-corrected chi connectivity index (χ2v) is 4.65. The number of carbonyl (C=O) groups is 1. The number of esters is 1. The van der Waals surface area contributed by atoms with Gasteiger partial charge in [-0.05, 0) is 31.4 Å². The molecule has 0 aliphatic rings. The van der Waals surface area contributed by atoms with Crippen LogP contribution in [-0.4, -0.2) is 25.2 Å². The Balaban J connectivity index is 2.46. The zero-order chi connectivity index (χ0) is 14.1. The fourth-order valence-corrected chi connectivity index (χ4v) is 1.67. The monoisotopic (exact) mass is 265 g/mol. The lowest BCUT2D eigenvalue weighted by molar-refractivity contribution is -0.146. The maximum atomic E-state index is 11.5. The molecule has 0 saturated carbocycles. The van der Waals surface area contributed by atoms with E-state index in [1.807, 2.05) is 31.2 Å². The third-order valence-corrected chi connectivity index (χ3v) is 2.62. The number of rotatable bonds is 8. The molecule has 0 aliphatic carbocycles. The van der Waals surface area contributed by atoms with E-state index in [4.69, 9.17) is 15.2 Å². The van der Waals surface area contributed by atoms with E-state index in [1.54, 1.807) is 0 Å². The molecule has 0 heterocycles. The summed E-state index contributed by atoms with van der Waals surface area (Å²) in [5, 5.41) is 0. The van der Waals surface area contributed by atoms with E-state index in [0.29, 0.717) is 12.4 Å². The number of benzene rings is 1. The first-order valence-corrected chi connectivity index (χ1v) is 6.75. The molecule has 1 atom stereocenters. The predicted molar refractivity (Wildman–Crippen MR) is 75.2 cm³/mol. The van der Waals surface area contributed by atoms with Gasteiger partial charge in [-0.3, -0.25) is 0 Å². The van der Waals surface area contributed by atoms with Crippen molar-refractivity contribution < 1.29 is 14.3 Å². The third kappa shape index (κ3) is 6.25. The van der Waals surface area contributed by atoms with Gasteiger partial charge in [0, 0.05) is 6.04 Å². The molecule has 0 bridgehead atoms. The molecule has 4 heteroatoms. The van der Waals surface area contributed by atoms with Gasteiger partial charge in [0.2, 0.25) is 0 Å². The SMILES string of the molecule is CCCCOC(=O)COc1ccccc1CC(C)N. The lowest BCUT2D eigenvalue weighted by atomic mass is 10.1. The predicted octanol–water partition coefficient (Wildman–Crippen LogP) is 2.30. The Hall–Kier alpha value is -1.55. The number of unbranched alkanes of at least 4 members (excludes halogenated alkanes) is 1. The van der Waals surface area contributed by atoms with Gasteiger partial charge in [-0.2, -0.15) is 0 Å². The minimum atomic E-state index is -0.330. The van der Waals surface area contributed by atoms with E-state index in [9.17, 15) is 4.79 Å². The van der Waals surface area contributed by atoms with Crippen molar-refractivity contribution >= 4 is 5.97 Å². The van der Waals surface area contributed by atoms with Crippen LogP contribution in [0.25, 0.3) is 0 Å². The second kappa shape index (κ2) is 8.53. The molecule has 0 amide bonds. The number of nitrogens with two attached hydrogens (primary N) is 1. The number of hydrogen-bond acceptors (Lipinski definition) is 4. The summed E-state index contributed by atoms with van der Waals surface area (Å²) in [4.78, 5) is 11.5. The molecule has 1 aromatic carbocycles. The van der Waals surface area contributed by atoms with Crippen molar-refractivity contribution in [1.82, 2.24) is 0 Å². The minimum absolute atomic E-state index is 0.0559. The zero-order valence-electron chi connectivity index (χ0n) is 11.7. The summed E-state index contributed by atoms with van der Waals surface area (Å²) in [7, 11) is 0. The molecule has 0 aliphatic heterocycles. The first-order valence-electron chi connectivity index (χ1n) is 6.75. The van der Waals surface area contributed by atoms with Crippen LogP contribution >= 0.6 is 0 Å². The largest absolute Gasteiger partial charge is 0.482 e. The molecule has 0 radical (unpaired) electrons. The summed E-state index contributed by atoms with van der Waals surface area (Å²) in [5.74, 6) is 0.372. The van der Waals surface area contributed by atoms with Crippen LogP contribution in [0.4, 0.5) is 0 Å². The summed E-state index contributed by atoms with van der Waals surface area (Å²) in [6.45, 7) is 4.39. The molecule has 19 heavy (non-hydrogen) atoms. The molecule has 1 aromatic rings. The van der Waals surface area contributed by atoms with Gasteiger partial charge in [-0.25, -0.2) is 4.79 Å². The van der Waals surface area contributed by atoms with Crippen LogP contribution < -0.4 is 10.5 Å². The summed E-state index contributed by atoms with van der Waals surface area (Å²) in [6, 6.07) is 7.67. The zero-order valence-corrected chi connectivity index (χ0v) is 11.7. The highest BCUT2D eigenvalue weighted by molar-refractivity contribution is 5.71. The van der Waals surface area contributed by atoms with Crippen molar-refractivity contribution in [2.24, 2.45) is 5.73 Å². The van der Waals surface area contributed by atoms with Crippen LogP contribution in [-0.2, 0) is 16.0 Å². The van der Waals surface area contributed by atoms with Gasteiger partial charge in [0.15, 0.2) is 6.61 Å². The molecule has 0 saturated heterocycles. The van der Waals surface area contributed by atoms with Crippen molar-refractivity contribution in [1.29, 1.82) is 0 Å². The van der Waals surface area contributed by atoms with Crippen LogP contribution in [0.15, 0.2) is 24.3 Å². The van der Waals surface area contributed by atoms with Gasteiger partial charge in [0.05, 0.1) is 6.61 Å². The van der Waals surface area contributed by atoms with E-state index in [-0.39, 0.29) is 18.6 Å². The van der Waals surface area contributed by atoms with Crippen LogP contribution in [0, 0.1) is 0 Å². The third-order valence-electron chi connectivity index (χ3n) is 2.62. The highest BCUT2D eigenvalue weighted by Gasteiger charge is 2.08. The van der Waals surface area contributed by atoms with E-state index in [1.165, 1.54) is 0 Å². The lowest BCUT2D eigenvalue weighted by Crippen LogP contribution is -2.19. The van der Waals surface area contributed by atoms with Crippen LogP contribution in [0.2, 0.25) is 0 Å². The fourth-order valence-electron chi connectivity index (χ4n) is 1.67. The number of hydrogen-bond donors (Lipinski definition) is 1. The minimum Gasteiger partial charge on any atom is -0.482 e. The molecule has 106 valence electrons. The molecule has 2 N–H and O–H groups in total. The van der Waals surface area contributed by atoms with Crippen LogP contribution in [0.3, 0.4) is 0 Å². The first-order chi connectivity index (χ1) is 9.13. The van der Waals surface area contributed by atoms with Crippen molar-refractivity contribution in [3.05, 3.63) is 29.8 Å². The fraction of sp³-hybridized carbons (Fsp3) is 0.533. The van der Waals surface area contributed by atoms with E-state index in [2.05, 4.69) is 6.92 Å². The maximum absolute atomic E-state index is 11.5. The summed E-state index contributed by atoms with van der Waals surface area (Å²) in [6.07, 6.45) is 2.61. The van der Waals surface area contributed by atoms with Gasteiger partial charge in [-0.1, -0.05) is 31.5 Å². The number of para-hydroxylation sites is 1. The molecule has 0 aromatic heterocycles.